The Labute approximate surface area is 159 Å². The molecular weight excluding hydrogens is 342 g/mol. The van der Waals surface area contributed by atoms with E-state index < -0.39 is 5.97 Å². The first kappa shape index (κ1) is 18.5. The van der Waals surface area contributed by atoms with E-state index in [-0.39, 0.29) is 11.0 Å². The van der Waals surface area contributed by atoms with Crippen molar-refractivity contribution in [3.05, 3.63) is 58.4 Å². The third-order valence-corrected chi connectivity index (χ3v) is 6.47. The maximum absolute atomic E-state index is 11.0. The summed E-state index contributed by atoms with van der Waals surface area (Å²) < 4.78 is 0. The number of thioether (sulfide) groups is 1. The lowest BCUT2D eigenvalue weighted by Gasteiger charge is -2.37. The van der Waals surface area contributed by atoms with Crippen LogP contribution in [0.1, 0.15) is 65.9 Å². The molecule has 134 valence electrons. The lowest BCUT2D eigenvalue weighted by molar-refractivity contribution is 0.0696. The van der Waals surface area contributed by atoms with E-state index in [1.54, 1.807) is 6.07 Å². The molecule has 4 heteroatoms. The Morgan fingerprint density at radius 1 is 1.27 bits per heavy atom. The number of aromatic nitrogens is 1. The number of carboxylic acids is 1. The average Bonchev–Trinajstić information content (AvgIpc) is 2.66. The highest BCUT2D eigenvalue weighted by Gasteiger charge is 2.33. The molecule has 1 aromatic heterocycles. The minimum Gasteiger partial charge on any atom is -0.478 e. The van der Waals surface area contributed by atoms with Gasteiger partial charge < -0.3 is 5.11 Å². The second-order valence-corrected chi connectivity index (χ2v) is 7.88. The summed E-state index contributed by atoms with van der Waals surface area (Å²) in [5.74, 6) is 6.53. The van der Waals surface area contributed by atoms with Gasteiger partial charge in [-0.3, -0.25) is 0 Å². The highest BCUT2D eigenvalue weighted by molar-refractivity contribution is 7.99. The number of nitrogens with zero attached hydrogens (tertiary/aromatic N) is 1. The molecule has 0 saturated heterocycles. The molecule has 0 saturated carbocycles. The molecule has 0 bridgehead atoms. The number of carboxylic acid groups (broad SMARTS) is 1. The minimum atomic E-state index is -0.970. The van der Waals surface area contributed by atoms with Crippen LogP contribution in [0.15, 0.2) is 35.4 Å². The van der Waals surface area contributed by atoms with E-state index in [2.05, 4.69) is 48.9 Å². The van der Waals surface area contributed by atoms with Crippen molar-refractivity contribution in [3.63, 3.8) is 0 Å². The molecule has 0 spiro atoms. The number of benzene rings is 1. The SMILES string of the molecule is CCC1(CC)CCSc2ccc(C#Cc3ncc(C(=O)O)cc3C)cc21. The van der Waals surface area contributed by atoms with E-state index in [1.807, 2.05) is 18.7 Å². The maximum atomic E-state index is 11.0. The van der Waals surface area contributed by atoms with Gasteiger partial charge in [0, 0.05) is 16.7 Å². The van der Waals surface area contributed by atoms with E-state index >= 15 is 0 Å². The summed E-state index contributed by atoms with van der Waals surface area (Å²) in [7, 11) is 0. The number of carbonyl (C=O) groups is 1. The molecule has 3 rings (SSSR count). The Kier molecular flexibility index (Phi) is 5.38. The summed E-state index contributed by atoms with van der Waals surface area (Å²) in [6, 6.07) is 8.11. The number of aryl methyl sites for hydroxylation is 1. The van der Waals surface area contributed by atoms with Crippen LogP contribution in [0.2, 0.25) is 0 Å². The number of pyridine rings is 1. The van der Waals surface area contributed by atoms with Gasteiger partial charge in [-0.2, -0.15) is 0 Å². The maximum Gasteiger partial charge on any atom is 0.337 e. The Morgan fingerprint density at radius 2 is 2.04 bits per heavy atom. The third-order valence-electron chi connectivity index (χ3n) is 5.39. The number of fused-ring (bicyclic) bond motifs is 1. The Bertz CT molecular complexity index is 904. The zero-order valence-electron chi connectivity index (χ0n) is 15.4. The van der Waals surface area contributed by atoms with Crippen molar-refractivity contribution < 1.29 is 9.90 Å². The predicted octanol–water partition coefficient (Wildman–Crippen LogP) is 5.04. The number of hydrogen-bond acceptors (Lipinski definition) is 3. The van der Waals surface area contributed by atoms with Crippen molar-refractivity contribution in [3.8, 4) is 11.8 Å². The van der Waals surface area contributed by atoms with Crippen LogP contribution in [0.25, 0.3) is 0 Å². The predicted molar refractivity (Wildman–Crippen MR) is 106 cm³/mol. The Balaban J connectivity index is 1.96. The highest BCUT2D eigenvalue weighted by Crippen LogP contribution is 2.46. The molecule has 0 unspecified atom stereocenters. The smallest absolute Gasteiger partial charge is 0.337 e. The summed E-state index contributed by atoms with van der Waals surface area (Å²) in [4.78, 5) is 16.6. The Hall–Kier alpha value is -2.25. The third kappa shape index (κ3) is 3.50. The van der Waals surface area contributed by atoms with Crippen LogP contribution in [0.4, 0.5) is 0 Å². The normalized spacial score (nSPS) is 14.9. The zero-order chi connectivity index (χ0) is 18.7. The molecule has 0 amide bonds. The topological polar surface area (TPSA) is 50.2 Å². The highest BCUT2D eigenvalue weighted by atomic mass is 32.2. The summed E-state index contributed by atoms with van der Waals surface area (Å²) in [5.41, 5.74) is 4.27. The van der Waals surface area contributed by atoms with Crippen LogP contribution in [-0.4, -0.2) is 21.8 Å². The molecule has 1 aliphatic heterocycles. The van der Waals surface area contributed by atoms with Crippen molar-refractivity contribution in [2.24, 2.45) is 0 Å². The molecule has 1 N–H and O–H groups in total. The van der Waals surface area contributed by atoms with E-state index in [4.69, 9.17) is 5.11 Å². The van der Waals surface area contributed by atoms with Crippen LogP contribution in [0.5, 0.6) is 0 Å². The lowest BCUT2D eigenvalue weighted by Crippen LogP contribution is -2.28. The van der Waals surface area contributed by atoms with E-state index in [9.17, 15) is 4.79 Å². The molecular formula is C22H23NO2S. The quantitative estimate of drug-likeness (QED) is 0.774. The van der Waals surface area contributed by atoms with Crippen LogP contribution in [0.3, 0.4) is 0 Å². The molecule has 2 heterocycles. The van der Waals surface area contributed by atoms with Gasteiger partial charge in [0.05, 0.1) is 5.56 Å². The zero-order valence-corrected chi connectivity index (χ0v) is 16.2. The van der Waals surface area contributed by atoms with Gasteiger partial charge in [0.25, 0.3) is 0 Å². The minimum absolute atomic E-state index is 0.189. The lowest BCUT2D eigenvalue weighted by atomic mass is 9.73. The first-order chi connectivity index (χ1) is 12.5. The first-order valence-corrected chi connectivity index (χ1v) is 9.97. The van der Waals surface area contributed by atoms with Gasteiger partial charge in [-0.25, -0.2) is 9.78 Å². The van der Waals surface area contributed by atoms with Gasteiger partial charge in [0.15, 0.2) is 0 Å². The van der Waals surface area contributed by atoms with Crippen LogP contribution < -0.4 is 0 Å². The van der Waals surface area contributed by atoms with Gasteiger partial charge in [-0.05, 0) is 78.7 Å². The van der Waals surface area contributed by atoms with Gasteiger partial charge in [-0.1, -0.05) is 19.8 Å². The standard InChI is InChI=1S/C22H23NO2S/c1-4-22(5-2)10-11-26-20-9-7-16(13-18(20)22)6-8-19-15(3)12-17(14-23-19)21(24)25/h7,9,12-14H,4-5,10-11H2,1-3H3,(H,24,25). The number of rotatable bonds is 3. The molecule has 1 aliphatic rings. The fourth-order valence-electron chi connectivity index (χ4n) is 3.58. The van der Waals surface area contributed by atoms with Crippen molar-refractivity contribution in [1.29, 1.82) is 0 Å². The van der Waals surface area contributed by atoms with E-state index in [0.717, 1.165) is 24.0 Å². The summed E-state index contributed by atoms with van der Waals surface area (Å²) in [6.07, 6.45) is 4.87. The molecule has 0 aliphatic carbocycles. The van der Waals surface area contributed by atoms with Crippen molar-refractivity contribution >= 4 is 17.7 Å². The molecule has 1 aromatic carbocycles. The van der Waals surface area contributed by atoms with Crippen molar-refractivity contribution in [2.75, 3.05) is 5.75 Å². The van der Waals surface area contributed by atoms with Crippen LogP contribution in [0, 0.1) is 18.8 Å². The molecule has 0 fully saturated rings. The number of hydrogen-bond donors (Lipinski definition) is 1. The van der Waals surface area contributed by atoms with Gasteiger partial charge in [0.2, 0.25) is 0 Å². The van der Waals surface area contributed by atoms with Gasteiger partial charge in [-0.15, -0.1) is 11.8 Å². The average molecular weight is 365 g/mol. The fraction of sp³-hybridized carbons (Fsp3) is 0.364. The van der Waals surface area contributed by atoms with Gasteiger partial charge >= 0.3 is 5.97 Å². The monoisotopic (exact) mass is 365 g/mol. The molecule has 2 aromatic rings. The molecule has 0 radical (unpaired) electrons. The fourth-order valence-corrected chi connectivity index (χ4v) is 4.89. The largest absolute Gasteiger partial charge is 0.478 e. The Morgan fingerprint density at radius 3 is 2.69 bits per heavy atom. The second kappa shape index (κ2) is 7.55. The van der Waals surface area contributed by atoms with Crippen molar-refractivity contribution in [2.45, 2.75) is 50.3 Å². The van der Waals surface area contributed by atoms with Gasteiger partial charge in [0.1, 0.15) is 5.69 Å². The molecule has 3 nitrogen and oxygen atoms in total. The molecule has 26 heavy (non-hydrogen) atoms. The van der Waals surface area contributed by atoms with Crippen LogP contribution in [-0.2, 0) is 5.41 Å². The van der Waals surface area contributed by atoms with E-state index in [1.165, 1.54) is 28.8 Å². The summed E-state index contributed by atoms with van der Waals surface area (Å²) in [6.45, 7) is 6.39. The second-order valence-electron chi connectivity index (χ2n) is 6.74. The van der Waals surface area contributed by atoms with Crippen LogP contribution >= 0.6 is 11.8 Å². The number of aromatic carboxylic acids is 1. The summed E-state index contributed by atoms with van der Waals surface area (Å²) in [5, 5.41) is 9.04. The van der Waals surface area contributed by atoms with E-state index in [0.29, 0.717) is 5.69 Å². The first-order valence-electron chi connectivity index (χ1n) is 8.98. The van der Waals surface area contributed by atoms with Crippen molar-refractivity contribution in [1.82, 2.24) is 4.98 Å². The summed E-state index contributed by atoms with van der Waals surface area (Å²) >= 11 is 1.94. The molecule has 0 atom stereocenters.